The molecule has 1 saturated carbocycles. The van der Waals surface area contributed by atoms with Crippen LogP contribution in [-0.4, -0.2) is 20.3 Å². The van der Waals surface area contributed by atoms with Gasteiger partial charge in [-0.2, -0.15) is 0 Å². The van der Waals surface area contributed by atoms with Crippen molar-refractivity contribution in [2.24, 2.45) is 11.7 Å². The van der Waals surface area contributed by atoms with E-state index in [0.29, 0.717) is 19.1 Å². The number of ether oxygens (including phenoxy) is 2. The zero-order valence-electron chi connectivity index (χ0n) is 11.5. The number of methoxy groups -OCH3 is 1. The standard InChI is InChI=1S/C15H23NO2/c1-10-9-14(17-3)11(2)8-13(10)15(12-4-5-12)18-7-6-16/h8-9,12,15H,4-7,16H2,1-3H3. The van der Waals surface area contributed by atoms with Crippen LogP contribution >= 0.6 is 0 Å². The molecule has 2 rings (SSSR count). The number of nitrogens with two attached hydrogens (primary N) is 1. The number of hydrogen-bond acceptors (Lipinski definition) is 3. The molecule has 100 valence electrons. The van der Waals surface area contributed by atoms with Crippen LogP contribution in [0.15, 0.2) is 12.1 Å². The van der Waals surface area contributed by atoms with Gasteiger partial charge >= 0.3 is 0 Å². The Hall–Kier alpha value is -1.06. The highest BCUT2D eigenvalue weighted by molar-refractivity contribution is 5.43. The molecule has 0 saturated heterocycles. The SMILES string of the molecule is COc1cc(C)c(C(OCCN)C2CC2)cc1C. The maximum absolute atomic E-state index is 5.94. The molecule has 1 fully saturated rings. The molecule has 0 aliphatic heterocycles. The molecule has 1 aliphatic carbocycles. The molecule has 1 atom stereocenters. The third kappa shape index (κ3) is 2.85. The van der Waals surface area contributed by atoms with E-state index in [1.807, 2.05) is 0 Å². The molecule has 18 heavy (non-hydrogen) atoms. The van der Waals surface area contributed by atoms with Crippen LogP contribution in [0.3, 0.4) is 0 Å². The van der Waals surface area contributed by atoms with Gasteiger partial charge in [-0.1, -0.05) is 0 Å². The first-order valence-corrected chi connectivity index (χ1v) is 6.64. The molecule has 0 radical (unpaired) electrons. The lowest BCUT2D eigenvalue weighted by atomic mass is 9.97. The highest BCUT2D eigenvalue weighted by Crippen LogP contribution is 2.45. The number of benzene rings is 1. The molecule has 1 aromatic carbocycles. The van der Waals surface area contributed by atoms with E-state index in [1.54, 1.807) is 7.11 Å². The molecule has 0 bridgehead atoms. The summed E-state index contributed by atoms with van der Waals surface area (Å²) in [5.74, 6) is 1.62. The lowest BCUT2D eigenvalue weighted by molar-refractivity contribution is 0.0419. The summed E-state index contributed by atoms with van der Waals surface area (Å²) in [7, 11) is 1.71. The minimum absolute atomic E-state index is 0.207. The van der Waals surface area contributed by atoms with Gasteiger partial charge in [0.05, 0.1) is 19.8 Å². The highest BCUT2D eigenvalue weighted by atomic mass is 16.5. The van der Waals surface area contributed by atoms with Crippen LogP contribution in [-0.2, 0) is 4.74 Å². The van der Waals surface area contributed by atoms with E-state index in [0.717, 1.165) is 5.75 Å². The monoisotopic (exact) mass is 249 g/mol. The molecule has 1 unspecified atom stereocenters. The first kappa shape index (κ1) is 13.4. The lowest BCUT2D eigenvalue weighted by Gasteiger charge is -2.21. The molecule has 2 N–H and O–H groups in total. The van der Waals surface area contributed by atoms with Crippen molar-refractivity contribution in [3.8, 4) is 5.75 Å². The molecule has 1 aliphatic rings. The van der Waals surface area contributed by atoms with Crippen molar-refractivity contribution >= 4 is 0 Å². The normalized spacial score (nSPS) is 16.7. The van der Waals surface area contributed by atoms with Crippen LogP contribution in [0.1, 0.15) is 35.6 Å². The predicted molar refractivity (Wildman–Crippen MR) is 72.9 cm³/mol. The van der Waals surface area contributed by atoms with E-state index in [2.05, 4.69) is 26.0 Å². The fourth-order valence-corrected chi connectivity index (χ4v) is 2.41. The first-order valence-electron chi connectivity index (χ1n) is 6.64. The average molecular weight is 249 g/mol. The molecule has 0 spiro atoms. The zero-order valence-corrected chi connectivity index (χ0v) is 11.5. The smallest absolute Gasteiger partial charge is 0.122 e. The molecule has 0 amide bonds. The van der Waals surface area contributed by atoms with Crippen LogP contribution in [0.4, 0.5) is 0 Å². The molecular formula is C15H23NO2. The van der Waals surface area contributed by atoms with E-state index in [1.165, 1.54) is 29.5 Å². The van der Waals surface area contributed by atoms with Crippen LogP contribution in [0.25, 0.3) is 0 Å². The summed E-state index contributed by atoms with van der Waals surface area (Å²) in [5.41, 5.74) is 9.25. The summed E-state index contributed by atoms with van der Waals surface area (Å²) in [4.78, 5) is 0. The van der Waals surface area contributed by atoms with Gasteiger partial charge < -0.3 is 15.2 Å². The second-order valence-electron chi connectivity index (χ2n) is 5.10. The largest absolute Gasteiger partial charge is 0.496 e. The Morgan fingerprint density at radius 2 is 2.00 bits per heavy atom. The fourth-order valence-electron chi connectivity index (χ4n) is 2.41. The van der Waals surface area contributed by atoms with Gasteiger partial charge in [-0.05, 0) is 61.4 Å². The minimum Gasteiger partial charge on any atom is -0.496 e. The summed E-state index contributed by atoms with van der Waals surface area (Å²) in [6.45, 7) is 5.41. The maximum atomic E-state index is 5.94. The number of rotatable bonds is 6. The van der Waals surface area contributed by atoms with E-state index in [-0.39, 0.29) is 6.10 Å². The Kier molecular flexibility index (Phi) is 4.25. The van der Waals surface area contributed by atoms with Crippen molar-refractivity contribution in [2.75, 3.05) is 20.3 Å². The van der Waals surface area contributed by atoms with Crippen molar-refractivity contribution in [1.82, 2.24) is 0 Å². The van der Waals surface area contributed by atoms with E-state index in [9.17, 15) is 0 Å². The summed E-state index contributed by atoms with van der Waals surface area (Å²) in [5, 5.41) is 0. The molecule has 3 heteroatoms. The summed E-state index contributed by atoms with van der Waals surface area (Å²) >= 11 is 0. The van der Waals surface area contributed by atoms with Crippen LogP contribution in [0, 0.1) is 19.8 Å². The van der Waals surface area contributed by atoms with Crippen molar-refractivity contribution in [3.63, 3.8) is 0 Å². The quantitative estimate of drug-likeness (QED) is 0.843. The van der Waals surface area contributed by atoms with Crippen molar-refractivity contribution in [1.29, 1.82) is 0 Å². The number of aryl methyl sites for hydroxylation is 2. The maximum Gasteiger partial charge on any atom is 0.122 e. The lowest BCUT2D eigenvalue weighted by Crippen LogP contribution is -2.15. The zero-order chi connectivity index (χ0) is 13.1. The van der Waals surface area contributed by atoms with Gasteiger partial charge in [-0.3, -0.25) is 0 Å². The van der Waals surface area contributed by atoms with Gasteiger partial charge in [0, 0.05) is 6.54 Å². The average Bonchev–Trinajstić information content (AvgIpc) is 3.17. The Morgan fingerprint density at radius 3 is 2.56 bits per heavy atom. The molecule has 0 aromatic heterocycles. The second-order valence-corrected chi connectivity index (χ2v) is 5.10. The molecule has 1 aromatic rings. The topological polar surface area (TPSA) is 44.5 Å². The van der Waals surface area contributed by atoms with Crippen LogP contribution < -0.4 is 10.5 Å². The van der Waals surface area contributed by atoms with Crippen molar-refractivity contribution in [2.45, 2.75) is 32.8 Å². The molecule has 3 nitrogen and oxygen atoms in total. The van der Waals surface area contributed by atoms with E-state index >= 15 is 0 Å². The summed E-state index contributed by atoms with van der Waals surface area (Å²) in [6.07, 6.45) is 2.73. The second kappa shape index (κ2) is 5.72. The van der Waals surface area contributed by atoms with E-state index < -0.39 is 0 Å². The number of hydrogen-bond donors (Lipinski definition) is 1. The van der Waals surface area contributed by atoms with Gasteiger partial charge in [0.25, 0.3) is 0 Å². The highest BCUT2D eigenvalue weighted by Gasteiger charge is 2.34. The van der Waals surface area contributed by atoms with Crippen molar-refractivity contribution in [3.05, 3.63) is 28.8 Å². The van der Waals surface area contributed by atoms with Crippen LogP contribution in [0.5, 0.6) is 5.75 Å². The Labute approximate surface area is 109 Å². The third-order valence-corrected chi connectivity index (χ3v) is 3.56. The van der Waals surface area contributed by atoms with Gasteiger partial charge in [0.2, 0.25) is 0 Å². The molecule has 0 heterocycles. The summed E-state index contributed by atoms with van der Waals surface area (Å²) in [6, 6.07) is 4.31. The molecular weight excluding hydrogens is 226 g/mol. The summed E-state index contributed by atoms with van der Waals surface area (Å²) < 4.78 is 11.3. The van der Waals surface area contributed by atoms with Crippen LogP contribution in [0.2, 0.25) is 0 Å². The predicted octanol–water partition coefficient (Wildman–Crippen LogP) is 2.74. The fraction of sp³-hybridized carbons (Fsp3) is 0.600. The Morgan fingerprint density at radius 1 is 1.28 bits per heavy atom. The van der Waals surface area contributed by atoms with E-state index in [4.69, 9.17) is 15.2 Å². The van der Waals surface area contributed by atoms with Gasteiger partial charge in [-0.15, -0.1) is 0 Å². The Bertz CT molecular complexity index is 413. The third-order valence-electron chi connectivity index (χ3n) is 3.56. The first-order chi connectivity index (χ1) is 8.67. The van der Waals surface area contributed by atoms with Gasteiger partial charge in [-0.25, -0.2) is 0 Å². The Balaban J connectivity index is 2.26. The minimum atomic E-state index is 0.207. The van der Waals surface area contributed by atoms with Gasteiger partial charge in [0.15, 0.2) is 0 Å². The van der Waals surface area contributed by atoms with Gasteiger partial charge in [0.1, 0.15) is 5.75 Å². The van der Waals surface area contributed by atoms with Crippen molar-refractivity contribution < 1.29 is 9.47 Å².